The van der Waals surface area contributed by atoms with Crippen molar-refractivity contribution < 1.29 is 0 Å². The summed E-state index contributed by atoms with van der Waals surface area (Å²) >= 11 is 3.74. The molecule has 0 saturated heterocycles. The maximum Gasteiger partial charge on any atom is 0.0213 e. The molecule has 0 atom stereocenters. The van der Waals surface area contributed by atoms with E-state index in [1.807, 2.05) is 0 Å². The standard InChI is InChI=1S/C16H22BrN/c1-2-12-9-16(10-12,11-18-13-7-8-13)14-5-3-4-6-15(14)17/h3-6,12-13,18H,2,7-11H2,1H3. The van der Waals surface area contributed by atoms with Gasteiger partial charge in [0.05, 0.1) is 0 Å². The molecule has 0 amide bonds. The molecular formula is C16H22BrN. The monoisotopic (exact) mass is 307 g/mol. The number of rotatable bonds is 5. The van der Waals surface area contributed by atoms with Gasteiger partial charge in [0, 0.05) is 22.5 Å². The molecule has 1 N–H and O–H groups in total. The highest BCUT2D eigenvalue weighted by molar-refractivity contribution is 9.10. The first-order chi connectivity index (χ1) is 8.73. The van der Waals surface area contributed by atoms with E-state index in [1.54, 1.807) is 0 Å². The minimum atomic E-state index is 0.392. The lowest BCUT2D eigenvalue weighted by atomic mass is 9.58. The van der Waals surface area contributed by atoms with Crippen LogP contribution >= 0.6 is 15.9 Å². The quantitative estimate of drug-likeness (QED) is 0.857. The van der Waals surface area contributed by atoms with Crippen LogP contribution in [0, 0.1) is 5.92 Å². The molecule has 2 aliphatic carbocycles. The molecule has 3 rings (SSSR count). The molecule has 0 spiro atoms. The fraction of sp³-hybridized carbons (Fsp3) is 0.625. The van der Waals surface area contributed by atoms with Crippen molar-refractivity contribution in [3.63, 3.8) is 0 Å². The summed E-state index contributed by atoms with van der Waals surface area (Å²) in [7, 11) is 0. The molecule has 0 heterocycles. The fourth-order valence-corrected chi connectivity index (χ4v) is 4.02. The van der Waals surface area contributed by atoms with Gasteiger partial charge >= 0.3 is 0 Å². The molecule has 1 aromatic carbocycles. The van der Waals surface area contributed by atoms with Gasteiger partial charge in [-0.3, -0.25) is 0 Å². The Bertz CT molecular complexity index is 419. The van der Waals surface area contributed by atoms with Crippen LogP contribution in [0.1, 0.15) is 44.6 Å². The van der Waals surface area contributed by atoms with Crippen LogP contribution in [-0.4, -0.2) is 12.6 Å². The number of hydrogen-bond donors (Lipinski definition) is 1. The van der Waals surface area contributed by atoms with E-state index in [0.717, 1.165) is 18.5 Å². The van der Waals surface area contributed by atoms with Gasteiger partial charge in [0.25, 0.3) is 0 Å². The van der Waals surface area contributed by atoms with Gasteiger partial charge in [-0.15, -0.1) is 0 Å². The van der Waals surface area contributed by atoms with Gasteiger partial charge in [-0.05, 0) is 43.2 Å². The van der Waals surface area contributed by atoms with Gasteiger partial charge < -0.3 is 5.32 Å². The van der Waals surface area contributed by atoms with Crippen LogP contribution in [0.2, 0.25) is 0 Å². The topological polar surface area (TPSA) is 12.0 Å². The molecule has 0 aliphatic heterocycles. The molecule has 2 heteroatoms. The molecule has 98 valence electrons. The molecule has 0 unspecified atom stereocenters. The van der Waals surface area contributed by atoms with Crippen molar-refractivity contribution in [2.75, 3.05) is 6.54 Å². The van der Waals surface area contributed by atoms with Crippen LogP contribution in [0.3, 0.4) is 0 Å². The van der Waals surface area contributed by atoms with E-state index in [-0.39, 0.29) is 0 Å². The molecule has 1 nitrogen and oxygen atoms in total. The molecule has 0 radical (unpaired) electrons. The van der Waals surface area contributed by atoms with E-state index >= 15 is 0 Å². The third-order valence-electron chi connectivity index (χ3n) is 4.69. The van der Waals surface area contributed by atoms with E-state index in [9.17, 15) is 0 Å². The Morgan fingerprint density at radius 2 is 2.00 bits per heavy atom. The van der Waals surface area contributed by atoms with Crippen molar-refractivity contribution >= 4 is 15.9 Å². The number of halogens is 1. The predicted molar refractivity (Wildman–Crippen MR) is 79.9 cm³/mol. The van der Waals surface area contributed by atoms with Crippen LogP contribution in [0.25, 0.3) is 0 Å². The van der Waals surface area contributed by atoms with Crippen LogP contribution < -0.4 is 5.32 Å². The average Bonchev–Trinajstić information content (AvgIpc) is 3.13. The van der Waals surface area contributed by atoms with Gasteiger partial charge in [0.2, 0.25) is 0 Å². The maximum atomic E-state index is 3.75. The summed E-state index contributed by atoms with van der Waals surface area (Å²) in [5.74, 6) is 0.929. The van der Waals surface area contributed by atoms with Crippen LogP contribution in [-0.2, 0) is 5.41 Å². The zero-order valence-corrected chi connectivity index (χ0v) is 12.7. The summed E-state index contributed by atoms with van der Waals surface area (Å²) in [5.41, 5.74) is 1.91. The van der Waals surface area contributed by atoms with Gasteiger partial charge in [-0.1, -0.05) is 47.5 Å². The molecule has 0 aromatic heterocycles. The Labute approximate surface area is 118 Å². The second-order valence-corrected chi connectivity index (χ2v) is 6.95. The van der Waals surface area contributed by atoms with Gasteiger partial charge in [0.1, 0.15) is 0 Å². The van der Waals surface area contributed by atoms with E-state index < -0.39 is 0 Å². The molecular weight excluding hydrogens is 286 g/mol. The Morgan fingerprint density at radius 1 is 1.28 bits per heavy atom. The summed E-state index contributed by atoms with van der Waals surface area (Å²) in [4.78, 5) is 0. The van der Waals surface area contributed by atoms with Gasteiger partial charge in [-0.2, -0.15) is 0 Å². The molecule has 1 aromatic rings. The first kappa shape index (κ1) is 12.7. The highest BCUT2D eigenvalue weighted by atomic mass is 79.9. The molecule has 2 saturated carbocycles. The second-order valence-electron chi connectivity index (χ2n) is 6.10. The van der Waals surface area contributed by atoms with Crippen molar-refractivity contribution in [1.82, 2.24) is 5.32 Å². The Hall–Kier alpha value is -0.340. The van der Waals surface area contributed by atoms with E-state index in [1.165, 1.54) is 42.1 Å². The minimum Gasteiger partial charge on any atom is -0.313 e. The Kier molecular flexibility index (Phi) is 3.50. The fourth-order valence-electron chi connectivity index (χ4n) is 3.31. The summed E-state index contributed by atoms with van der Waals surface area (Å²) in [5, 5.41) is 3.75. The molecule has 18 heavy (non-hydrogen) atoms. The summed E-state index contributed by atoms with van der Waals surface area (Å²) in [6.45, 7) is 3.49. The second kappa shape index (κ2) is 4.97. The van der Waals surface area contributed by atoms with Gasteiger partial charge in [-0.25, -0.2) is 0 Å². The molecule has 2 fully saturated rings. The Morgan fingerprint density at radius 3 is 2.61 bits per heavy atom. The van der Waals surface area contributed by atoms with Crippen molar-refractivity contribution in [2.24, 2.45) is 5.92 Å². The maximum absolute atomic E-state index is 3.75. The average molecular weight is 308 g/mol. The van der Waals surface area contributed by atoms with Gasteiger partial charge in [0.15, 0.2) is 0 Å². The largest absolute Gasteiger partial charge is 0.313 e. The lowest BCUT2D eigenvalue weighted by Crippen LogP contribution is -2.49. The number of hydrogen-bond acceptors (Lipinski definition) is 1. The summed E-state index contributed by atoms with van der Waals surface area (Å²) in [6, 6.07) is 9.60. The van der Waals surface area contributed by atoms with Crippen LogP contribution in [0.15, 0.2) is 28.7 Å². The van der Waals surface area contributed by atoms with E-state index in [4.69, 9.17) is 0 Å². The SMILES string of the molecule is CCC1CC(CNC2CC2)(c2ccccc2Br)C1. The number of benzene rings is 1. The highest BCUT2D eigenvalue weighted by Gasteiger charge is 2.45. The van der Waals surface area contributed by atoms with Crippen LogP contribution in [0.4, 0.5) is 0 Å². The van der Waals surface area contributed by atoms with Crippen molar-refractivity contribution in [3.05, 3.63) is 34.3 Å². The van der Waals surface area contributed by atoms with Crippen molar-refractivity contribution in [2.45, 2.75) is 50.5 Å². The zero-order valence-electron chi connectivity index (χ0n) is 11.1. The lowest BCUT2D eigenvalue weighted by Gasteiger charge is -2.49. The number of nitrogens with one attached hydrogen (secondary N) is 1. The van der Waals surface area contributed by atoms with Crippen LogP contribution in [0.5, 0.6) is 0 Å². The Balaban J connectivity index is 1.79. The third-order valence-corrected chi connectivity index (χ3v) is 5.38. The summed E-state index contributed by atoms with van der Waals surface area (Å²) < 4.78 is 1.29. The van der Waals surface area contributed by atoms with Crippen molar-refractivity contribution in [1.29, 1.82) is 0 Å². The van der Waals surface area contributed by atoms with E-state index in [0.29, 0.717) is 5.41 Å². The first-order valence-corrected chi connectivity index (χ1v) is 8.01. The predicted octanol–water partition coefficient (Wildman–Crippen LogP) is 4.26. The highest BCUT2D eigenvalue weighted by Crippen LogP contribution is 2.50. The zero-order chi connectivity index (χ0) is 12.6. The van der Waals surface area contributed by atoms with E-state index in [2.05, 4.69) is 52.4 Å². The normalized spacial score (nSPS) is 31.1. The lowest BCUT2D eigenvalue weighted by molar-refractivity contribution is 0.132. The third kappa shape index (κ3) is 2.37. The first-order valence-electron chi connectivity index (χ1n) is 7.22. The smallest absolute Gasteiger partial charge is 0.0213 e. The summed E-state index contributed by atoms with van der Waals surface area (Å²) in [6.07, 6.45) is 6.79. The molecule has 0 bridgehead atoms. The minimum absolute atomic E-state index is 0.392. The van der Waals surface area contributed by atoms with Crippen molar-refractivity contribution in [3.8, 4) is 0 Å². The molecule has 2 aliphatic rings.